The summed E-state index contributed by atoms with van der Waals surface area (Å²) in [6, 6.07) is -0.920. The van der Waals surface area contributed by atoms with Crippen molar-refractivity contribution in [2.24, 2.45) is 0 Å². The number of phosphoric acid groups is 1. The number of phosphoric ester groups is 1. The Bertz CT molecular complexity index is 1820. The highest BCUT2D eigenvalue weighted by Gasteiger charge is 2.27. The lowest BCUT2D eigenvalue weighted by Crippen LogP contribution is -2.47. The molecule has 0 spiro atoms. The lowest BCUT2D eigenvalue weighted by Gasteiger charge is -2.30. The van der Waals surface area contributed by atoms with E-state index in [4.69, 9.17) is 13.8 Å². The Kier molecular flexibility index (Phi) is 57.9. The summed E-state index contributed by atoms with van der Waals surface area (Å²) in [6.45, 7) is 6.63. The minimum absolute atomic E-state index is 0.0374. The van der Waals surface area contributed by atoms with Crippen LogP contribution in [0, 0.1) is 0 Å². The molecule has 0 aliphatic heterocycles. The normalized spacial score (nSPS) is 14.4. The van der Waals surface area contributed by atoms with E-state index in [-0.39, 0.29) is 31.3 Å². The van der Waals surface area contributed by atoms with Crippen LogP contribution in [0.5, 0.6) is 0 Å². The van der Waals surface area contributed by atoms with Crippen LogP contribution in [0.2, 0.25) is 0 Å². The number of hydrogen-bond donors (Lipinski definition) is 1. The van der Waals surface area contributed by atoms with Gasteiger partial charge >= 0.3 is 5.97 Å². The quantitative estimate of drug-likeness (QED) is 0.0161. The van der Waals surface area contributed by atoms with Crippen LogP contribution in [0.3, 0.4) is 0 Å². The van der Waals surface area contributed by atoms with Gasteiger partial charge in [0.2, 0.25) is 5.91 Å². The predicted molar refractivity (Wildman–Crippen MR) is 353 cm³/mol. The first kappa shape index (κ1) is 78.4. The number of allylic oxidation sites excluding steroid dienone is 19. The molecule has 0 saturated heterocycles. The zero-order valence-corrected chi connectivity index (χ0v) is 54.5. The van der Waals surface area contributed by atoms with E-state index in [0.717, 1.165) is 77.0 Å². The molecule has 3 atom stereocenters. The van der Waals surface area contributed by atoms with Crippen molar-refractivity contribution in [2.45, 2.75) is 283 Å². The molecule has 470 valence electrons. The monoisotopic (exact) mass is 1160 g/mol. The molecule has 0 aromatic heterocycles. The summed E-state index contributed by atoms with van der Waals surface area (Å²) in [6.07, 6.45) is 84.6. The minimum atomic E-state index is -4.72. The molecule has 0 bridgehead atoms. The smallest absolute Gasteiger partial charge is 0.306 e. The number of quaternary nitrogens is 1. The summed E-state index contributed by atoms with van der Waals surface area (Å²) in [5.74, 6) is -0.596. The van der Waals surface area contributed by atoms with Crippen molar-refractivity contribution in [2.75, 3.05) is 40.9 Å². The summed E-state index contributed by atoms with van der Waals surface area (Å²) in [5.41, 5.74) is 0. The molecular weight excluding hydrogens is 1040 g/mol. The van der Waals surface area contributed by atoms with E-state index in [1.807, 2.05) is 94.1 Å². The first-order chi connectivity index (χ1) is 39.9. The van der Waals surface area contributed by atoms with E-state index >= 15 is 0 Å². The molecule has 82 heavy (non-hydrogen) atoms. The van der Waals surface area contributed by atoms with E-state index in [1.54, 1.807) is 0 Å². The molecule has 1 N–H and O–H groups in total. The van der Waals surface area contributed by atoms with Crippen LogP contribution in [0.4, 0.5) is 0 Å². The maximum Gasteiger partial charge on any atom is 0.306 e. The summed E-state index contributed by atoms with van der Waals surface area (Å²) < 4.78 is 30.3. The Morgan fingerprint density at radius 2 is 0.829 bits per heavy atom. The number of esters is 1. The molecule has 0 radical (unpaired) electrons. The summed E-state index contributed by atoms with van der Waals surface area (Å²) >= 11 is 0. The van der Waals surface area contributed by atoms with Crippen molar-refractivity contribution >= 4 is 19.7 Å². The van der Waals surface area contributed by atoms with E-state index < -0.39 is 26.6 Å². The molecule has 1 amide bonds. The molecule has 0 aliphatic carbocycles. The summed E-state index contributed by atoms with van der Waals surface area (Å²) in [7, 11) is 1.14. The average Bonchev–Trinajstić information content (AvgIpc) is 3.44. The molecule has 0 aromatic carbocycles. The maximum absolute atomic E-state index is 13.5. The van der Waals surface area contributed by atoms with E-state index in [9.17, 15) is 19.0 Å². The number of likely N-dealkylation sites (N-methyl/N-ethyl adjacent to an activating group) is 1. The van der Waals surface area contributed by atoms with Gasteiger partial charge in [0.05, 0.1) is 33.8 Å². The van der Waals surface area contributed by atoms with E-state index in [2.05, 4.69) is 74.7 Å². The highest BCUT2D eigenvalue weighted by atomic mass is 31.2. The maximum atomic E-state index is 13.5. The third-order valence-electron chi connectivity index (χ3n) is 14.3. The molecule has 0 fully saturated rings. The second-order valence-electron chi connectivity index (χ2n) is 23.4. The first-order valence-electron chi connectivity index (χ1n) is 33.4. The number of unbranched alkanes of at least 4 members (excludes halogenated alkanes) is 30. The van der Waals surface area contributed by atoms with Gasteiger partial charge in [0.15, 0.2) is 0 Å². The molecule has 0 saturated carbocycles. The van der Waals surface area contributed by atoms with Crippen molar-refractivity contribution in [1.29, 1.82) is 0 Å². The van der Waals surface area contributed by atoms with Crippen LogP contribution in [-0.4, -0.2) is 69.4 Å². The predicted octanol–water partition coefficient (Wildman–Crippen LogP) is 20.4. The Morgan fingerprint density at radius 1 is 0.451 bits per heavy atom. The number of ether oxygens (including phenoxy) is 1. The first-order valence-corrected chi connectivity index (χ1v) is 34.9. The number of carbonyl (C=O) groups excluding carboxylic acids is 2. The molecule has 0 aliphatic rings. The van der Waals surface area contributed by atoms with Crippen LogP contribution in [0.15, 0.2) is 122 Å². The van der Waals surface area contributed by atoms with Gasteiger partial charge in [0, 0.05) is 12.8 Å². The molecular formula is C72H125N2O7P. The third-order valence-corrected chi connectivity index (χ3v) is 15.3. The fourth-order valence-corrected chi connectivity index (χ4v) is 9.87. The van der Waals surface area contributed by atoms with Gasteiger partial charge in [-0.25, -0.2) is 0 Å². The van der Waals surface area contributed by atoms with Crippen molar-refractivity contribution in [3.05, 3.63) is 122 Å². The zero-order valence-electron chi connectivity index (χ0n) is 53.7. The van der Waals surface area contributed by atoms with Crippen molar-refractivity contribution < 1.29 is 37.3 Å². The van der Waals surface area contributed by atoms with Gasteiger partial charge in [-0.2, -0.15) is 0 Å². The van der Waals surface area contributed by atoms with Crippen molar-refractivity contribution in [3.63, 3.8) is 0 Å². The zero-order chi connectivity index (χ0) is 60.0. The molecule has 0 aromatic rings. The van der Waals surface area contributed by atoms with Gasteiger partial charge in [-0.05, 0) is 89.5 Å². The van der Waals surface area contributed by atoms with Gasteiger partial charge < -0.3 is 28.5 Å². The Hall–Kier alpha value is -3.59. The third kappa shape index (κ3) is 61.0. The largest absolute Gasteiger partial charge is 0.756 e. The SMILES string of the molecule is CC\C=C/C=C/C=C/C=C\C=C\C=C\CCCCCC(=O)NC(COP(=O)([O-])OCC[N+](C)(C)C)C(/C=C\CCCCCCCCCCCC)OC(=O)CCCCCCCCCCCCCCCC/C=C\C/C=C\C/C=C\CCCCC. The topological polar surface area (TPSA) is 114 Å². The summed E-state index contributed by atoms with van der Waals surface area (Å²) in [4.78, 5) is 40.1. The van der Waals surface area contributed by atoms with E-state index in [1.165, 1.54) is 154 Å². The number of amides is 1. The van der Waals surface area contributed by atoms with Gasteiger partial charge in [-0.3, -0.25) is 14.2 Å². The standard InChI is InChI=1S/C72H125N2O7P/c1-7-10-13-16-19-22-25-28-30-32-33-34-35-36-37-38-39-40-41-43-45-47-50-53-56-59-62-65-72(76)81-70(63-60-57-54-51-48-27-24-21-18-15-12-9-3)69(68-80-82(77,78)79-67-66-74(4,5)6)73-71(75)64-61-58-55-52-49-46-44-42-31-29-26-23-20-17-14-11-8-2/h11,14,17,19-20,22-23,26,28-31,33-34,42,44,46,49,60,63,69-70H,7-10,12-13,15-16,18,21,24-25,27,32,35-41,43,45,47-48,50-59,61-62,64-68H2,1-6H3,(H-,73,75,77,78)/b14-11-,20-17+,22-19-,26-23+,30-28-,31-29-,34-33-,44-42+,49-46+,63-60-. The van der Waals surface area contributed by atoms with Crippen LogP contribution in [-0.2, 0) is 27.9 Å². The lowest BCUT2D eigenvalue weighted by molar-refractivity contribution is -0.870. The number of nitrogens with one attached hydrogen (secondary N) is 1. The highest BCUT2D eigenvalue weighted by Crippen LogP contribution is 2.38. The van der Waals surface area contributed by atoms with Crippen LogP contribution in [0.1, 0.15) is 271 Å². The minimum Gasteiger partial charge on any atom is -0.756 e. The Balaban J connectivity index is 5.14. The number of carbonyl (C=O) groups is 2. The average molecular weight is 1160 g/mol. The summed E-state index contributed by atoms with van der Waals surface area (Å²) in [5, 5.41) is 3.00. The number of rotatable bonds is 59. The Morgan fingerprint density at radius 3 is 1.32 bits per heavy atom. The molecule has 3 unspecified atom stereocenters. The molecule has 10 heteroatoms. The Labute approximate surface area is 505 Å². The molecule has 0 heterocycles. The second-order valence-corrected chi connectivity index (χ2v) is 24.8. The van der Waals surface area contributed by atoms with Crippen LogP contribution >= 0.6 is 7.82 Å². The highest BCUT2D eigenvalue weighted by molar-refractivity contribution is 7.45. The fraction of sp³-hybridized carbons (Fsp3) is 0.694. The van der Waals surface area contributed by atoms with Gasteiger partial charge in [0.1, 0.15) is 19.3 Å². The van der Waals surface area contributed by atoms with Crippen LogP contribution < -0.4 is 10.2 Å². The van der Waals surface area contributed by atoms with Gasteiger partial charge in [-0.1, -0.05) is 290 Å². The fourth-order valence-electron chi connectivity index (χ4n) is 9.15. The second kappa shape index (κ2) is 60.5. The molecule has 9 nitrogen and oxygen atoms in total. The molecule has 0 rings (SSSR count). The van der Waals surface area contributed by atoms with E-state index in [0.29, 0.717) is 17.4 Å². The van der Waals surface area contributed by atoms with Gasteiger partial charge in [0.25, 0.3) is 7.82 Å². The van der Waals surface area contributed by atoms with Crippen molar-refractivity contribution in [1.82, 2.24) is 5.32 Å². The van der Waals surface area contributed by atoms with Gasteiger partial charge in [-0.15, -0.1) is 0 Å². The lowest BCUT2D eigenvalue weighted by atomic mass is 10.0. The van der Waals surface area contributed by atoms with Crippen LogP contribution in [0.25, 0.3) is 0 Å². The number of nitrogens with zero attached hydrogens (tertiary/aromatic N) is 1. The van der Waals surface area contributed by atoms with Crippen molar-refractivity contribution in [3.8, 4) is 0 Å². The number of hydrogen-bond acceptors (Lipinski definition) is 7.